The smallest absolute Gasteiger partial charge is 0.227 e. The van der Waals surface area contributed by atoms with Gasteiger partial charge in [0.2, 0.25) is 5.91 Å². The van der Waals surface area contributed by atoms with Crippen molar-refractivity contribution in [1.82, 2.24) is 14.7 Å². The highest BCUT2D eigenvalue weighted by Gasteiger charge is 2.27. The Morgan fingerprint density at radius 3 is 2.56 bits per heavy atom. The van der Waals surface area contributed by atoms with Crippen molar-refractivity contribution in [2.24, 2.45) is 0 Å². The van der Waals surface area contributed by atoms with E-state index in [1.807, 2.05) is 0 Å². The zero-order valence-electron chi connectivity index (χ0n) is 16.1. The van der Waals surface area contributed by atoms with Gasteiger partial charge in [0.25, 0.3) is 0 Å². The summed E-state index contributed by atoms with van der Waals surface area (Å²) >= 11 is 0. The third-order valence-corrected chi connectivity index (χ3v) is 5.76. The van der Waals surface area contributed by atoms with Crippen LogP contribution in [0, 0.1) is 0 Å². The molecule has 1 aromatic carbocycles. The highest BCUT2D eigenvalue weighted by Crippen LogP contribution is 2.24. The number of carbonyl (C=O) groups excluding carboxylic acids is 1. The number of likely N-dealkylation sites (N-methyl/N-ethyl adjacent to an activating group) is 1. The first-order chi connectivity index (χ1) is 12.0. The topological polar surface area (TPSA) is 26.8 Å². The molecule has 0 bridgehead atoms. The molecule has 0 atom stereocenters. The van der Waals surface area contributed by atoms with Gasteiger partial charge in [-0.15, -0.1) is 0 Å². The van der Waals surface area contributed by atoms with Crippen LogP contribution in [-0.2, 0) is 24.1 Å². The monoisotopic (exact) mass is 343 g/mol. The van der Waals surface area contributed by atoms with Gasteiger partial charge in [-0.25, -0.2) is 0 Å². The van der Waals surface area contributed by atoms with E-state index in [1.54, 1.807) is 0 Å². The van der Waals surface area contributed by atoms with Gasteiger partial charge in [0.05, 0.1) is 6.42 Å². The van der Waals surface area contributed by atoms with Gasteiger partial charge in [0.15, 0.2) is 0 Å². The van der Waals surface area contributed by atoms with Crippen LogP contribution in [0.15, 0.2) is 18.2 Å². The Morgan fingerprint density at radius 1 is 1.12 bits per heavy atom. The van der Waals surface area contributed by atoms with Crippen molar-refractivity contribution in [2.45, 2.75) is 44.6 Å². The molecule has 0 aromatic heterocycles. The van der Waals surface area contributed by atoms with Crippen molar-refractivity contribution in [2.75, 3.05) is 47.3 Å². The maximum atomic E-state index is 13.1. The Hall–Kier alpha value is -1.39. The molecule has 0 N–H and O–H groups in total. The van der Waals surface area contributed by atoms with Crippen LogP contribution in [0.2, 0.25) is 0 Å². The van der Waals surface area contributed by atoms with Crippen LogP contribution in [0.25, 0.3) is 0 Å². The van der Waals surface area contributed by atoms with Gasteiger partial charge in [-0.05, 0) is 83.0 Å². The Balaban J connectivity index is 1.67. The number of fused-ring (bicyclic) bond motifs is 1. The SMILES string of the molecule is CN(C)CCN(C(=O)Cc1ccc2c(c1)CCC2)C1CCN(C)CC1. The van der Waals surface area contributed by atoms with E-state index in [9.17, 15) is 4.79 Å². The fourth-order valence-electron chi connectivity index (χ4n) is 4.14. The van der Waals surface area contributed by atoms with E-state index in [4.69, 9.17) is 0 Å². The van der Waals surface area contributed by atoms with Crippen molar-refractivity contribution in [3.8, 4) is 0 Å². The number of rotatable bonds is 6. The standard InChI is InChI=1S/C21H33N3O/c1-22(2)13-14-24(20-9-11-23(3)12-10-20)21(25)16-17-7-8-18-5-4-6-19(18)15-17/h7-8,15,20H,4-6,9-14,16H2,1-3H3. The molecule has 2 aliphatic rings. The normalized spacial score (nSPS) is 18.6. The third kappa shape index (κ3) is 4.83. The molecule has 138 valence electrons. The summed E-state index contributed by atoms with van der Waals surface area (Å²) < 4.78 is 0. The first-order valence-electron chi connectivity index (χ1n) is 9.76. The van der Waals surface area contributed by atoms with Crippen molar-refractivity contribution in [1.29, 1.82) is 0 Å². The number of aryl methyl sites for hydroxylation is 2. The second-order valence-corrected chi connectivity index (χ2v) is 8.06. The van der Waals surface area contributed by atoms with Crippen LogP contribution >= 0.6 is 0 Å². The lowest BCUT2D eigenvalue weighted by atomic mass is 10.0. The molecular formula is C21H33N3O. The minimum atomic E-state index is 0.300. The second-order valence-electron chi connectivity index (χ2n) is 8.06. The molecule has 0 spiro atoms. The van der Waals surface area contributed by atoms with Crippen LogP contribution in [0.5, 0.6) is 0 Å². The number of likely N-dealkylation sites (tertiary alicyclic amines) is 1. The van der Waals surface area contributed by atoms with E-state index in [-0.39, 0.29) is 0 Å². The van der Waals surface area contributed by atoms with Crippen molar-refractivity contribution in [3.63, 3.8) is 0 Å². The number of piperidine rings is 1. The molecule has 1 aromatic rings. The highest BCUT2D eigenvalue weighted by atomic mass is 16.2. The van der Waals surface area contributed by atoms with E-state index in [1.165, 1.54) is 36.0 Å². The number of nitrogens with zero attached hydrogens (tertiary/aromatic N) is 3. The van der Waals surface area contributed by atoms with E-state index >= 15 is 0 Å². The fraction of sp³-hybridized carbons (Fsp3) is 0.667. The summed E-state index contributed by atoms with van der Waals surface area (Å²) in [7, 11) is 6.34. The van der Waals surface area contributed by atoms with Crippen LogP contribution in [0.1, 0.15) is 36.0 Å². The zero-order chi connectivity index (χ0) is 17.8. The van der Waals surface area contributed by atoms with Crippen molar-refractivity contribution >= 4 is 5.91 Å². The second kappa shape index (κ2) is 8.33. The first-order valence-corrected chi connectivity index (χ1v) is 9.76. The van der Waals surface area contributed by atoms with Gasteiger partial charge in [0.1, 0.15) is 0 Å². The Kier molecular flexibility index (Phi) is 6.13. The molecule has 1 amide bonds. The lowest BCUT2D eigenvalue weighted by Gasteiger charge is -2.38. The zero-order valence-corrected chi connectivity index (χ0v) is 16.1. The van der Waals surface area contributed by atoms with Crippen molar-refractivity contribution in [3.05, 3.63) is 34.9 Å². The molecule has 0 saturated carbocycles. The van der Waals surface area contributed by atoms with E-state index in [2.05, 4.69) is 54.0 Å². The summed E-state index contributed by atoms with van der Waals surface area (Å²) in [4.78, 5) is 19.8. The summed E-state index contributed by atoms with van der Waals surface area (Å²) in [5.41, 5.74) is 4.13. The minimum Gasteiger partial charge on any atom is -0.338 e. The van der Waals surface area contributed by atoms with Crippen LogP contribution in [0.3, 0.4) is 0 Å². The van der Waals surface area contributed by atoms with Crippen LogP contribution < -0.4 is 0 Å². The van der Waals surface area contributed by atoms with Gasteiger partial charge < -0.3 is 14.7 Å². The van der Waals surface area contributed by atoms with Crippen LogP contribution in [-0.4, -0.2) is 74.0 Å². The summed E-state index contributed by atoms with van der Waals surface area (Å²) in [5, 5.41) is 0. The average Bonchev–Trinajstić information content (AvgIpc) is 3.04. The number of benzene rings is 1. The Bertz CT molecular complexity index is 591. The number of carbonyl (C=O) groups is 1. The quantitative estimate of drug-likeness (QED) is 0.792. The number of amides is 1. The van der Waals surface area contributed by atoms with Crippen LogP contribution in [0.4, 0.5) is 0 Å². The molecule has 1 heterocycles. The molecule has 1 aliphatic heterocycles. The lowest BCUT2D eigenvalue weighted by Crippen LogP contribution is -2.49. The summed E-state index contributed by atoms with van der Waals surface area (Å²) in [6, 6.07) is 7.09. The highest BCUT2D eigenvalue weighted by molar-refractivity contribution is 5.79. The minimum absolute atomic E-state index is 0.300. The molecular weight excluding hydrogens is 310 g/mol. The maximum absolute atomic E-state index is 13.1. The predicted octanol–water partition coefficient (Wildman–Crippen LogP) is 2.20. The van der Waals surface area contributed by atoms with E-state index < -0.39 is 0 Å². The molecule has 1 aliphatic carbocycles. The molecule has 3 rings (SSSR count). The van der Waals surface area contributed by atoms with E-state index in [0.717, 1.165) is 39.0 Å². The summed E-state index contributed by atoms with van der Waals surface area (Å²) in [6.45, 7) is 3.96. The third-order valence-electron chi connectivity index (χ3n) is 5.76. The average molecular weight is 344 g/mol. The molecule has 0 radical (unpaired) electrons. The molecule has 25 heavy (non-hydrogen) atoms. The van der Waals surface area contributed by atoms with Gasteiger partial charge in [0, 0.05) is 19.1 Å². The first kappa shape index (κ1) is 18.4. The van der Waals surface area contributed by atoms with Gasteiger partial charge in [-0.1, -0.05) is 18.2 Å². The molecule has 4 nitrogen and oxygen atoms in total. The maximum Gasteiger partial charge on any atom is 0.227 e. The molecule has 0 unspecified atom stereocenters. The Labute approximate surface area is 152 Å². The lowest BCUT2D eigenvalue weighted by molar-refractivity contribution is -0.133. The van der Waals surface area contributed by atoms with Gasteiger partial charge in [-0.2, -0.15) is 0 Å². The summed E-state index contributed by atoms with van der Waals surface area (Å²) in [5.74, 6) is 0.300. The fourth-order valence-corrected chi connectivity index (χ4v) is 4.14. The number of hydrogen-bond acceptors (Lipinski definition) is 3. The molecule has 1 saturated heterocycles. The number of hydrogen-bond donors (Lipinski definition) is 0. The van der Waals surface area contributed by atoms with Gasteiger partial charge >= 0.3 is 0 Å². The largest absolute Gasteiger partial charge is 0.338 e. The molecule has 4 heteroatoms. The van der Waals surface area contributed by atoms with Crippen molar-refractivity contribution < 1.29 is 4.79 Å². The molecule has 1 fully saturated rings. The van der Waals surface area contributed by atoms with E-state index in [0.29, 0.717) is 18.4 Å². The summed E-state index contributed by atoms with van der Waals surface area (Å²) in [6.07, 6.45) is 6.38. The van der Waals surface area contributed by atoms with Gasteiger partial charge in [-0.3, -0.25) is 4.79 Å². The Morgan fingerprint density at radius 2 is 1.84 bits per heavy atom. The predicted molar refractivity (Wildman–Crippen MR) is 103 cm³/mol.